The lowest BCUT2D eigenvalue weighted by Crippen LogP contribution is -2.41. The smallest absolute Gasteiger partial charge is 0.456 e. The average Bonchev–Trinajstić information content (AvgIpc) is 3.01. The van der Waals surface area contributed by atoms with Crippen LogP contribution in [0, 0.1) is 0 Å². The Kier molecular flexibility index (Phi) is 5.71. The van der Waals surface area contributed by atoms with E-state index in [-0.39, 0.29) is 5.75 Å². The highest BCUT2D eigenvalue weighted by molar-refractivity contribution is 7.91. The van der Waals surface area contributed by atoms with Crippen LogP contribution in [-0.4, -0.2) is 34.0 Å². The molecule has 0 bridgehead atoms. The second-order valence-corrected chi connectivity index (χ2v) is 7.24. The number of halogens is 5. The fourth-order valence-corrected chi connectivity index (χ4v) is 3.79. The Bertz CT molecular complexity index is 673. The fraction of sp³-hybridized carbons (Fsp3) is 0.357. The molecule has 0 saturated carbocycles. The van der Waals surface area contributed by atoms with Gasteiger partial charge in [-0.2, -0.15) is 22.0 Å². The van der Waals surface area contributed by atoms with Gasteiger partial charge in [-0.25, -0.2) is 0 Å². The molecule has 2 rings (SSSR count). The van der Waals surface area contributed by atoms with Crippen LogP contribution in [0.15, 0.2) is 34.7 Å². The van der Waals surface area contributed by atoms with Gasteiger partial charge >= 0.3 is 12.1 Å². The molecule has 0 aromatic carbocycles. The van der Waals surface area contributed by atoms with Crippen molar-refractivity contribution >= 4 is 22.5 Å². The monoisotopic (exact) mass is 385 g/mol. The summed E-state index contributed by atoms with van der Waals surface area (Å²) in [6.07, 6.45) is -4.61. The minimum Gasteiger partial charge on any atom is -0.611 e. The molecule has 0 spiro atoms. The van der Waals surface area contributed by atoms with Crippen LogP contribution in [0.5, 0.6) is 5.75 Å². The molecular formula is C14H12F5NO2S2. The SMILES string of the molecule is CC[S+]([O-])c1ccsc1-c1ccc(OCC(F)(F)C(F)(F)F)cn1. The molecule has 132 valence electrons. The normalized spacial score (nSPS) is 13.8. The molecule has 0 amide bonds. The summed E-state index contributed by atoms with van der Waals surface area (Å²) in [4.78, 5) is 5.25. The predicted molar refractivity (Wildman–Crippen MR) is 81.0 cm³/mol. The van der Waals surface area contributed by atoms with Gasteiger partial charge in [0.1, 0.15) is 16.4 Å². The minimum absolute atomic E-state index is 0.211. The summed E-state index contributed by atoms with van der Waals surface area (Å²) in [6, 6.07) is 4.37. The van der Waals surface area contributed by atoms with Gasteiger partial charge in [0.05, 0.1) is 11.9 Å². The maximum absolute atomic E-state index is 12.8. The number of alkyl halides is 5. The average molecular weight is 385 g/mol. The quantitative estimate of drug-likeness (QED) is 0.543. The summed E-state index contributed by atoms with van der Waals surface area (Å²) >= 11 is 0.121. The molecule has 2 heterocycles. The summed E-state index contributed by atoms with van der Waals surface area (Å²) in [5, 5.41) is 1.74. The van der Waals surface area contributed by atoms with Crippen molar-refractivity contribution in [2.75, 3.05) is 12.4 Å². The number of thiophene rings is 1. The molecule has 0 aliphatic rings. The molecule has 1 atom stereocenters. The Morgan fingerprint density at radius 1 is 1.21 bits per heavy atom. The first-order valence-corrected chi connectivity index (χ1v) is 8.85. The Balaban J connectivity index is 2.11. The van der Waals surface area contributed by atoms with Gasteiger partial charge in [0.25, 0.3) is 0 Å². The molecular weight excluding hydrogens is 373 g/mol. The molecule has 0 N–H and O–H groups in total. The maximum atomic E-state index is 12.8. The highest BCUT2D eigenvalue weighted by Gasteiger charge is 2.58. The zero-order valence-electron chi connectivity index (χ0n) is 12.3. The summed E-state index contributed by atoms with van der Waals surface area (Å²) < 4.78 is 78.2. The zero-order chi connectivity index (χ0) is 18.0. The molecule has 10 heteroatoms. The maximum Gasteiger partial charge on any atom is 0.456 e. The largest absolute Gasteiger partial charge is 0.611 e. The van der Waals surface area contributed by atoms with Gasteiger partial charge in [0.2, 0.25) is 0 Å². The standard InChI is InChI=1S/C14H12F5NO2S2/c1-2-24(21)11-5-6-23-12(11)10-4-3-9(7-20-10)22-8-13(15,16)14(17,18)19/h3-7H,2,8H2,1H3. The van der Waals surface area contributed by atoms with Crippen LogP contribution in [0.4, 0.5) is 22.0 Å². The van der Waals surface area contributed by atoms with Crippen LogP contribution in [0.2, 0.25) is 0 Å². The van der Waals surface area contributed by atoms with Gasteiger partial charge < -0.3 is 9.29 Å². The van der Waals surface area contributed by atoms with Crippen molar-refractivity contribution in [2.45, 2.75) is 23.9 Å². The van der Waals surface area contributed by atoms with Crippen LogP contribution < -0.4 is 4.74 Å². The number of rotatable bonds is 6. The van der Waals surface area contributed by atoms with Gasteiger partial charge in [-0.1, -0.05) is 0 Å². The molecule has 0 radical (unpaired) electrons. The fourth-order valence-electron chi connectivity index (χ4n) is 1.67. The molecule has 0 fully saturated rings. The molecule has 0 aliphatic heterocycles. The zero-order valence-corrected chi connectivity index (χ0v) is 13.9. The van der Waals surface area contributed by atoms with E-state index in [1.165, 1.54) is 23.5 Å². The van der Waals surface area contributed by atoms with Gasteiger partial charge in [-0.3, -0.25) is 4.98 Å². The lowest BCUT2D eigenvalue weighted by Gasteiger charge is -2.19. The molecule has 1 unspecified atom stereocenters. The third kappa shape index (κ3) is 4.17. The molecule has 24 heavy (non-hydrogen) atoms. The molecule has 0 saturated heterocycles. The van der Waals surface area contributed by atoms with Crippen molar-refractivity contribution in [3.8, 4) is 16.3 Å². The van der Waals surface area contributed by atoms with E-state index in [0.717, 1.165) is 6.20 Å². The number of hydrogen-bond donors (Lipinski definition) is 0. The predicted octanol–water partition coefficient (Wildman–Crippen LogP) is 4.51. The van der Waals surface area contributed by atoms with Crippen LogP contribution in [0.3, 0.4) is 0 Å². The van der Waals surface area contributed by atoms with Gasteiger partial charge in [0, 0.05) is 6.07 Å². The van der Waals surface area contributed by atoms with Crippen molar-refractivity contribution < 1.29 is 31.2 Å². The third-order valence-corrected chi connectivity index (χ3v) is 5.36. The Hall–Kier alpha value is -1.39. The first kappa shape index (κ1) is 18.9. The Morgan fingerprint density at radius 3 is 2.46 bits per heavy atom. The van der Waals surface area contributed by atoms with Crippen molar-refractivity contribution in [3.63, 3.8) is 0 Å². The molecule has 0 aliphatic carbocycles. The lowest BCUT2D eigenvalue weighted by molar-refractivity contribution is -0.290. The second-order valence-electron chi connectivity index (χ2n) is 4.62. The van der Waals surface area contributed by atoms with E-state index in [1.807, 2.05) is 0 Å². The lowest BCUT2D eigenvalue weighted by atomic mass is 10.3. The van der Waals surface area contributed by atoms with Crippen LogP contribution >= 0.6 is 11.3 Å². The van der Waals surface area contributed by atoms with Crippen molar-refractivity contribution in [3.05, 3.63) is 29.8 Å². The van der Waals surface area contributed by atoms with Crippen molar-refractivity contribution in [2.24, 2.45) is 0 Å². The molecule has 3 nitrogen and oxygen atoms in total. The van der Waals surface area contributed by atoms with Gasteiger partial charge in [-0.05, 0) is 35.6 Å². The van der Waals surface area contributed by atoms with Gasteiger partial charge in [0.15, 0.2) is 11.5 Å². The number of pyridine rings is 1. The van der Waals surface area contributed by atoms with Crippen molar-refractivity contribution in [1.29, 1.82) is 0 Å². The van der Waals surface area contributed by atoms with Crippen molar-refractivity contribution in [1.82, 2.24) is 4.98 Å². The van der Waals surface area contributed by atoms with E-state index >= 15 is 0 Å². The number of ether oxygens (including phenoxy) is 1. The molecule has 2 aromatic heterocycles. The van der Waals surface area contributed by atoms with E-state index in [2.05, 4.69) is 9.72 Å². The Labute approximate surface area is 141 Å². The summed E-state index contributed by atoms with van der Waals surface area (Å²) in [6.45, 7) is -0.0512. The highest BCUT2D eigenvalue weighted by Crippen LogP contribution is 2.36. The van der Waals surface area contributed by atoms with E-state index in [9.17, 15) is 26.5 Å². The molecule has 2 aromatic rings. The van der Waals surface area contributed by atoms with E-state index in [4.69, 9.17) is 0 Å². The number of nitrogens with zero attached hydrogens (tertiary/aromatic N) is 1. The van der Waals surface area contributed by atoms with Crippen LogP contribution in [0.1, 0.15) is 6.92 Å². The second kappa shape index (κ2) is 7.24. The van der Waals surface area contributed by atoms with Gasteiger partial charge in [-0.15, -0.1) is 11.3 Å². The summed E-state index contributed by atoms with van der Waals surface area (Å²) in [5.41, 5.74) is 0.441. The topological polar surface area (TPSA) is 45.2 Å². The van der Waals surface area contributed by atoms with E-state index < -0.39 is 29.9 Å². The summed E-state index contributed by atoms with van der Waals surface area (Å²) in [5.74, 6) is -4.72. The Morgan fingerprint density at radius 2 is 1.92 bits per heavy atom. The first-order valence-electron chi connectivity index (χ1n) is 6.65. The van der Waals surface area contributed by atoms with Crippen LogP contribution in [-0.2, 0) is 11.2 Å². The van der Waals surface area contributed by atoms with E-state index in [1.54, 1.807) is 18.4 Å². The summed E-state index contributed by atoms with van der Waals surface area (Å²) in [7, 11) is 0. The van der Waals surface area contributed by atoms with Crippen LogP contribution in [0.25, 0.3) is 10.6 Å². The first-order chi connectivity index (χ1) is 11.2. The third-order valence-electron chi connectivity index (χ3n) is 2.94. The number of hydrogen-bond acceptors (Lipinski definition) is 4. The minimum atomic E-state index is -5.67. The number of aromatic nitrogens is 1. The van der Waals surface area contributed by atoms with E-state index in [0.29, 0.717) is 21.2 Å². The highest BCUT2D eigenvalue weighted by atomic mass is 32.2.